The maximum absolute atomic E-state index is 11.5. The van der Waals surface area contributed by atoms with Crippen molar-refractivity contribution >= 4 is 24.9 Å². The zero-order valence-corrected chi connectivity index (χ0v) is 15.9. The van der Waals surface area contributed by atoms with Gasteiger partial charge in [-0.25, -0.2) is 9.24 Å². The molecule has 0 unspecified atom stereocenters. The zero-order chi connectivity index (χ0) is 18.3. The van der Waals surface area contributed by atoms with Gasteiger partial charge in [0.25, 0.3) is 0 Å². The van der Waals surface area contributed by atoms with Gasteiger partial charge in [0.05, 0.1) is 5.69 Å². The first-order chi connectivity index (χ1) is 12.4. The average Bonchev–Trinajstić information content (AvgIpc) is 2.78. The minimum absolute atomic E-state index is 0.355. The van der Waals surface area contributed by atoms with E-state index < -0.39 is 7.75 Å². The molecule has 0 bridgehead atoms. The van der Waals surface area contributed by atoms with Crippen LogP contribution in [-0.4, -0.2) is 32.5 Å². The van der Waals surface area contributed by atoms with Gasteiger partial charge in [0, 0.05) is 29.9 Å². The molecule has 7 heteroatoms. The summed E-state index contributed by atoms with van der Waals surface area (Å²) in [5.74, 6) is 0. The van der Waals surface area contributed by atoms with Crippen molar-refractivity contribution in [2.45, 2.75) is 25.7 Å². The minimum Gasteiger partial charge on any atom is -0.312 e. The van der Waals surface area contributed by atoms with Crippen LogP contribution >= 0.6 is 19.3 Å². The number of aromatic nitrogens is 1. The van der Waals surface area contributed by atoms with E-state index in [2.05, 4.69) is 17.1 Å². The number of halogens is 1. The lowest BCUT2D eigenvalue weighted by Crippen LogP contribution is -2.28. The molecule has 0 amide bonds. The molecule has 0 radical (unpaired) electrons. The fourth-order valence-electron chi connectivity index (χ4n) is 3.91. The molecule has 2 aliphatic rings. The monoisotopic (exact) mass is 390 g/mol. The number of aryl methyl sites for hydroxylation is 2. The lowest BCUT2D eigenvalue weighted by Gasteiger charge is -2.30. The van der Waals surface area contributed by atoms with Crippen LogP contribution in [0, 0.1) is 0 Å². The molecule has 26 heavy (non-hydrogen) atoms. The molecule has 0 saturated carbocycles. The van der Waals surface area contributed by atoms with Crippen molar-refractivity contribution < 1.29 is 14.4 Å². The van der Waals surface area contributed by atoms with Crippen molar-refractivity contribution in [2.75, 3.05) is 13.1 Å². The number of benzene rings is 1. The number of hydrogen-bond acceptors (Lipinski definition) is 2. The summed E-state index contributed by atoms with van der Waals surface area (Å²) in [4.78, 5) is 23.5. The summed E-state index contributed by atoms with van der Waals surface area (Å²) < 4.78 is 12.8. The second kappa shape index (κ2) is 6.91. The SMILES string of the molecule is O=P(O)(O)N1CCC(=C2c3ccc(Cl)cc3CCc3cccnc32)CC1. The Morgan fingerprint density at radius 1 is 1.04 bits per heavy atom. The fourth-order valence-corrected chi connectivity index (χ4v) is 4.82. The van der Waals surface area contributed by atoms with Crippen molar-refractivity contribution in [1.82, 2.24) is 9.65 Å². The number of piperidine rings is 1. The molecule has 4 rings (SSSR count). The molecule has 0 atom stereocenters. The lowest BCUT2D eigenvalue weighted by atomic mass is 9.89. The van der Waals surface area contributed by atoms with Crippen molar-refractivity contribution in [3.63, 3.8) is 0 Å². The highest BCUT2D eigenvalue weighted by Crippen LogP contribution is 2.45. The topological polar surface area (TPSA) is 73.7 Å². The number of pyridine rings is 1. The molecular formula is C19H20ClN2O3P. The van der Waals surface area contributed by atoms with Gasteiger partial charge in [-0.15, -0.1) is 0 Å². The summed E-state index contributed by atoms with van der Waals surface area (Å²) in [5.41, 5.74) is 6.88. The molecular weight excluding hydrogens is 371 g/mol. The van der Waals surface area contributed by atoms with Crippen LogP contribution in [0.15, 0.2) is 42.1 Å². The fraction of sp³-hybridized carbons (Fsp3) is 0.316. The van der Waals surface area contributed by atoms with Gasteiger partial charge in [0.2, 0.25) is 0 Å². The first-order valence-corrected chi connectivity index (χ1v) is 10.6. The third-order valence-corrected chi connectivity index (χ3v) is 6.57. The Bertz CT molecular complexity index is 928. The van der Waals surface area contributed by atoms with Gasteiger partial charge in [-0.05, 0) is 60.6 Å². The predicted molar refractivity (Wildman–Crippen MR) is 102 cm³/mol. The molecule has 1 aromatic carbocycles. The van der Waals surface area contributed by atoms with E-state index in [4.69, 9.17) is 11.6 Å². The second-order valence-corrected chi connectivity index (χ2v) is 8.79. The van der Waals surface area contributed by atoms with Gasteiger partial charge in [-0.2, -0.15) is 0 Å². The second-order valence-electron chi connectivity index (χ2n) is 6.76. The summed E-state index contributed by atoms with van der Waals surface area (Å²) in [7, 11) is -4.18. The third kappa shape index (κ3) is 3.38. The van der Waals surface area contributed by atoms with Gasteiger partial charge in [-0.1, -0.05) is 29.3 Å². The van der Waals surface area contributed by atoms with E-state index in [0.717, 1.165) is 34.7 Å². The van der Waals surface area contributed by atoms with Crippen LogP contribution in [0.2, 0.25) is 5.02 Å². The number of rotatable bonds is 1. The Morgan fingerprint density at radius 2 is 1.77 bits per heavy atom. The highest BCUT2D eigenvalue weighted by molar-refractivity contribution is 7.49. The standard InChI is InChI=1S/C19H20ClN2O3P/c20-16-5-6-17-15(12-16)4-3-14-2-1-9-21-19(14)18(17)13-7-10-22(11-8-13)26(23,24)25/h1-2,5-6,9,12H,3-4,7-8,10-11H2,(H2,23,24,25). The smallest absolute Gasteiger partial charge is 0.312 e. The maximum atomic E-state index is 11.5. The molecule has 2 aromatic rings. The molecule has 5 nitrogen and oxygen atoms in total. The van der Waals surface area contributed by atoms with E-state index in [1.54, 1.807) is 0 Å². The summed E-state index contributed by atoms with van der Waals surface area (Å²) in [6.45, 7) is 0.711. The highest BCUT2D eigenvalue weighted by atomic mass is 35.5. The molecule has 1 aromatic heterocycles. The van der Waals surface area contributed by atoms with E-state index in [0.29, 0.717) is 25.9 Å². The zero-order valence-electron chi connectivity index (χ0n) is 14.2. The molecule has 1 aliphatic carbocycles. The highest BCUT2D eigenvalue weighted by Gasteiger charge is 2.31. The largest absolute Gasteiger partial charge is 0.403 e. The van der Waals surface area contributed by atoms with Crippen LogP contribution < -0.4 is 0 Å². The quantitative estimate of drug-likeness (QED) is 0.724. The first kappa shape index (κ1) is 17.9. The summed E-state index contributed by atoms with van der Waals surface area (Å²) >= 11 is 6.22. The van der Waals surface area contributed by atoms with E-state index in [9.17, 15) is 14.4 Å². The predicted octanol–water partition coefficient (Wildman–Crippen LogP) is 3.82. The average molecular weight is 391 g/mol. The van der Waals surface area contributed by atoms with Crippen molar-refractivity contribution in [2.24, 2.45) is 0 Å². The first-order valence-electron chi connectivity index (χ1n) is 8.69. The third-order valence-electron chi connectivity index (χ3n) is 5.19. The Morgan fingerprint density at radius 3 is 2.50 bits per heavy atom. The molecule has 136 valence electrons. The molecule has 1 saturated heterocycles. The van der Waals surface area contributed by atoms with Crippen molar-refractivity contribution in [3.05, 3.63) is 69.5 Å². The lowest BCUT2D eigenvalue weighted by molar-refractivity contribution is 0.260. The molecule has 2 heterocycles. The summed E-state index contributed by atoms with van der Waals surface area (Å²) in [5, 5.41) is 0.725. The number of hydrogen-bond donors (Lipinski definition) is 2. The molecule has 1 fully saturated rings. The Balaban J connectivity index is 1.84. The Hall–Kier alpha value is -1.49. The van der Waals surface area contributed by atoms with Gasteiger partial charge in [0.1, 0.15) is 0 Å². The van der Waals surface area contributed by atoms with Gasteiger partial charge in [-0.3, -0.25) is 4.98 Å². The minimum atomic E-state index is -4.18. The van der Waals surface area contributed by atoms with Crippen molar-refractivity contribution in [1.29, 1.82) is 0 Å². The normalized spacial score (nSPS) is 18.3. The Kier molecular flexibility index (Phi) is 4.76. The van der Waals surface area contributed by atoms with Crippen molar-refractivity contribution in [3.8, 4) is 0 Å². The van der Waals surface area contributed by atoms with E-state index in [1.807, 2.05) is 24.4 Å². The van der Waals surface area contributed by atoms with Gasteiger partial charge >= 0.3 is 7.75 Å². The van der Waals surface area contributed by atoms with Crippen LogP contribution in [0.1, 0.15) is 35.2 Å². The summed E-state index contributed by atoms with van der Waals surface area (Å²) in [6, 6.07) is 10.1. The molecule has 2 N–H and O–H groups in total. The summed E-state index contributed by atoms with van der Waals surface area (Å²) in [6.07, 6.45) is 4.87. The number of fused-ring (bicyclic) bond motifs is 2. The molecule has 0 spiro atoms. The van der Waals surface area contributed by atoms with Crippen LogP contribution in [0.3, 0.4) is 0 Å². The van der Waals surface area contributed by atoms with Crippen LogP contribution in [0.5, 0.6) is 0 Å². The number of nitrogens with zero attached hydrogens (tertiary/aromatic N) is 2. The van der Waals surface area contributed by atoms with Crippen LogP contribution in [-0.2, 0) is 17.4 Å². The van der Waals surface area contributed by atoms with Gasteiger partial charge in [0.15, 0.2) is 0 Å². The van der Waals surface area contributed by atoms with E-state index >= 15 is 0 Å². The molecule has 1 aliphatic heterocycles. The maximum Gasteiger partial charge on any atom is 0.403 e. The van der Waals surface area contributed by atoms with Crippen LogP contribution in [0.25, 0.3) is 5.57 Å². The van der Waals surface area contributed by atoms with E-state index in [1.165, 1.54) is 21.4 Å². The van der Waals surface area contributed by atoms with Crippen LogP contribution in [0.4, 0.5) is 0 Å². The van der Waals surface area contributed by atoms with E-state index in [-0.39, 0.29) is 0 Å². The Labute approximate surface area is 157 Å². The van der Waals surface area contributed by atoms with Gasteiger partial charge < -0.3 is 9.79 Å².